The van der Waals surface area contributed by atoms with E-state index < -0.39 is 11.4 Å². The molecule has 3 rings (SSSR count). The number of likely N-dealkylation sites (N-methyl/N-ethyl adjacent to an activating group) is 1. The van der Waals surface area contributed by atoms with E-state index in [9.17, 15) is 9.59 Å². The number of esters is 1. The predicted octanol–water partition coefficient (Wildman–Crippen LogP) is 3.28. The first kappa shape index (κ1) is 16.1. The Labute approximate surface area is 140 Å². The summed E-state index contributed by atoms with van der Waals surface area (Å²) in [7, 11) is 3.03. The lowest BCUT2D eigenvalue weighted by atomic mass is 9.80. The summed E-state index contributed by atoms with van der Waals surface area (Å²) in [5.41, 5.74) is 0.605. The molecule has 1 aliphatic heterocycles. The van der Waals surface area contributed by atoms with Crippen molar-refractivity contribution in [2.24, 2.45) is 0 Å². The van der Waals surface area contributed by atoms with Crippen LogP contribution in [0.4, 0.5) is 5.69 Å². The van der Waals surface area contributed by atoms with Gasteiger partial charge in [0.25, 0.3) is 0 Å². The van der Waals surface area contributed by atoms with Crippen LogP contribution in [-0.2, 0) is 19.7 Å². The molecule has 5 nitrogen and oxygen atoms in total. The molecule has 2 aromatic carbocycles. The van der Waals surface area contributed by atoms with E-state index in [1.165, 1.54) is 7.11 Å². The minimum atomic E-state index is -0.951. The number of anilines is 1. The van der Waals surface area contributed by atoms with Gasteiger partial charge in [0.2, 0.25) is 5.91 Å². The summed E-state index contributed by atoms with van der Waals surface area (Å²) in [4.78, 5) is 26.0. The second-order valence-electron chi connectivity index (χ2n) is 6.04. The van der Waals surface area contributed by atoms with Crippen molar-refractivity contribution in [3.8, 4) is 11.5 Å². The largest absolute Gasteiger partial charge is 0.469 e. The zero-order chi connectivity index (χ0) is 17.3. The van der Waals surface area contributed by atoms with E-state index in [4.69, 9.17) is 9.47 Å². The molecule has 0 saturated heterocycles. The fraction of sp³-hybridized carbons (Fsp3) is 0.263. The Kier molecular flexibility index (Phi) is 4.01. The molecule has 2 aromatic rings. The lowest BCUT2D eigenvalue weighted by Gasteiger charge is -2.22. The highest BCUT2D eigenvalue weighted by Crippen LogP contribution is 2.45. The third-order valence-corrected chi connectivity index (χ3v) is 4.40. The third kappa shape index (κ3) is 2.62. The Morgan fingerprint density at radius 2 is 1.83 bits per heavy atom. The van der Waals surface area contributed by atoms with Crippen LogP contribution in [0.5, 0.6) is 11.5 Å². The van der Waals surface area contributed by atoms with Crippen LogP contribution in [-0.4, -0.2) is 26.0 Å². The zero-order valence-corrected chi connectivity index (χ0v) is 13.9. The highest BCUT2D eigenvalue weighted by Gasteiger charge is 2.47. The minimum absolute atomic E-state index is 0.00549. The topological polar surface area (TPSA) is 55.8 Å². The lowest BCUT2D eigenvalue weighted by Crippen LogP contribution is -2.38. The number of benzene rings is 2. The van der Waals surface area contributed by atoms with Gasteiger partial charge in [-0.15, -0.1) is 0 Å². The smallest absolute Gasteiger partial charge is 0.306 e. The predicted molar refractivity (Wildman–Crippen MR) is 90.4 cm³/mol. The van der Waals surface area contributed by atoms with Gasteiger partial charge >= 0.3 is 5.97 Å². The van der Waals surface area contributed by atoms with Gasteiger partial charge in [0, 0.05) is 12.7 Å². The van der Waals surface area contributed by atoms with Gasteiger partial charge in [-0.2, -0.15) is 0 Å². The molecule has 0 N–H and O–H groups in total. The molecule has 0 bridgehead atoms. The summed E-state index contributed by atoms with van der Waals surface area (Å²) >= 11 is 0. The SMILES string of the molecule is COC(=O)CC1(C)C(=O)N(C)c2ccc(Oc3ccccc3)cc21. The number of nitrogens with zero attached hydrogens (tertiary/aromatic N) is 1. The molecule has 1 heterocycles. The first-order valence-corrected chi connectivity index (χ1v) is 7.68. The quantitative estimate of drug-likeness (QED) is 0.810. The van der Waals surface area contributed by atoms with Crippen molar-refractivity contribution < 1.29 is 19.1 Å². The number of methoxy groups -OCH3 is 1. The number of rotatable bonds is 4. The van der Waals surface area contributed by atoms with Gasteiger partial charge in [-0.1, -0.05) is 18.2 Å². The number of fused-ring (bicyclic) bond motifs is 1. The first-order valence-electron chi connectivity index (χ1n) is 7.68. The Hall–Kier alpha value is -2.82. The van der Waals surface area contributed by atoms with E-state index in [0.29, 0.717) is 11.5 Å². The number of carbonyl (C=O) groups excluding carboxylic acids is 2. The molecule has 1 atom stereocenters. The molecule has 0 fully saturated rings. The molecule has 0 spiro atoms. The van der Waals surface area contributed by atoms with Crippen LogP contribution in [0.25, 0.3) is 0 Å². The van der Waals surface area contributed by atoms with Crippen molar-refractivity contribution in [1.29, 1.82) is 0 Å². The average Bonchev–Trinajstić information content (AvgIpc) is 2.77. The molecular weight excluding hydrogens is 306 g/mol. The maximum Gasteiger partial charge on any atom is 0.306 e. The third-order valence-electron chi connectivity index (χ3n) is 4.40. The fourth-order valence-electron chi connectivity index (χ4n) is 3.06. The molecule has 1 amide bonds. The Morgan fingerprint density at radius 1 is 1.12 bits per heavy atom. The highest BCUT2D eigenvalue weighted by atomic mass is 16.5. The van der Waals surface area contributed by atoms with E-state index in [-0.39, 0.29) is 12.3 Å². The lowest BCUT2D eigenvalue weighted by molar-refractivity contribution is -0.144. The van der Waals surface area contributed by atoms with Crippen LogP contribution in [0.1, 0.15) is 18.9 Å². The van der Waals surface area contributed by atoms with Gasteiger partial charge in [0.05, 0.1) is 18.9 Å². The second-order valence-corrected chi connectivity index (χ2v) is 6.04. The van der Waals surface area contributed by atoms with Gasteiger partial charge in [-0.05, 0) is 42.8 Å². The summed E-state index contributed by atoms with van der Waals surface area (Å²) in [6.45, 7) is 1.76. The maximum absolute atomic E-state index is 12.7. The molecule has 5 heteroatoms. The summed E-state index contributed by atoms with van der Waals surface area (Å²) < 4.78 is 10.6. The highest BCUT2D eigenvalue weighted by molar-refractivity contribution is 6.09. The number of para-hydroxylation sites is 1. The number of ether oxygens (including phenoxy) is 2. The van der Waals surface area contributed by atoms with E-state index in [2.05, 4.69) is 0 Å². The molecule has 1 aliphatic rings. The minimum Gasteiger partial charge on any atom is -0.469 e. The summed E-state index contributed by atoms with van der Waals surface area (Å²) in [6, 6.07) is 14.9. The van der Waals surface area contributed by atoms with Gasteiger partial charge in [0.15, 0.2) is 0 Å². The molecule has 124 valence electrons. The fourth-order valence-corrected chi connectivity index (χ4v) is 3.06. The van der Waals surface area contributed by atoms with Gasteiger partial charge < -0.3 is 14.4 Å². The van der Waals surface area contributed by atoms with Crippen molar-refractivity contribution in [3.63, 3.8) is 0 Å². The van der Waals surface area contributed by atoms with Crippen LogP contribution < -0.4 is 9.64 Å². The molecule has 1 unspecified atom stereocenters. The average molecular weight is 325 g/mol. The second kappa shape index (κ2) is 6.00. The van der Waals surface area contributed by atoms with Gasteiger partial charge in [-0.3, -0.25) is 9.59 Å². The standard InChI is InChI=1S/C19H19NO4/c1-19(12-17(21)23-3)15-11-14(24-13-7-5-4-6-8-13)9-10-16(15)20(2)18(19)22/h4-11H,12H2,1-3H3. The van der Waals surface area contributed by atoms with Crippen molar-refractivity contribution in [3.05, 3.63) is 54.1 Å². The monoisotopic (exact) mass is 325 g/mol. The van der Waals surface area contributed by atoms with E-state index in [1.54, 1.807) is 18.9 Å². The first-order chi connectivity index (χ1) is 11.5. The number of amides is 1. The molecular formula is C19H19NO4. The van der Waals surface area contributed by atoms with Crippen LogP contribution in [0, 0.1) is 0 Å². The zero-order valence-electron chi connectivity index (χ0n) is 13.9. The Bertz CT molecular complexity index is 787. The number of hydrogen-bond acceptors (Lipinski definition) is 4. The summed E-state index contributed by atoms with van der Waals surface area (Å²) in [5, 5.41) is 0. The molecule has 0 aliphatic carbocycles. The molecule has 0 saturated carbocycles. The van der Waals surface area contributed by atoms with Crippen LogP contribution >= 0.6 is 0 Å². The van der Waals surface area contributed by atoms with E-state index in [1.807, 2.05) is 48.5 Å². The van der Waals surface area contributed by atoms with Crippen LogP contribution in [0.15, 0.2) is 48.5 Å². The molecule has 24 heavy (non-hydrogen) atoms. The molecule has 0 radical (unpaired) electrons. The van der Waals surface area contributed by atoms with E-state index in [0.717, 1.165) is 11.3 Å². The molecule has 0 aromatic heterocycles. The van der Waals surface area contributed by atoms with Crippen molar-refractivity contribution in [1.82, 2.24) is 0 Å². The Balaban J connectivity index is 1.99. The normalized spacial score (nSPS) is 19.1. The van der Waals surface area contributed by atoms with Crippen molar-refractivity contribution in [2.75, 3.05) is 19.1 Å². The van der Waals surface area contributed by atoms with Gasteiger partial charge in [-0.25, -0.2) is 0 Å². The van der Waals surface area contributed by atoms with Crippen molar-refractivity contribution >= 4 is 17.6 Å². The van der Waals surface area contributed by atoms with Crippen LogP contribution in [0.2, 0.25) is 0 Å². The number of carbonyl (C=O) groups is 2. The summed E-state index contributed by atoms with van der Waals surface area (Å²) in [5.74, 6) is 0.796. The van der Waals surface area contributed by atoms with Crippen LogP contribution in [0.3, 0.4) is 0 Å². The number of hydrogen-bond donors (Lipinski definition) is 0. The van der Waals surface area contributed by atoms with Crippen molar-refractivity contribution in [2.45, 2.75) is 18.8 Å². The summed E-state index contributed by atoms with van der Waals surface area (Å²) in [6.07, 6.45) is -0.00549. The van der Waals surface area contributed by atoms with E-state index >= 15 is 0 Å². The van der Waals surface area contributed by atoms with Gasteiger partial charge in [0.1, 0.15) is 11.5 Å². The maximum atomic E-state index is 12.7. The Morgan fingerprint density at radius 3 is 2.50 bits per heavy atom.